The standard InChI is InChI=1S/C10H12F3N3O3/c11-10(12,13)6-19-8-7(5-14-15-8)9(17)16-1-3-18-4-2-16/h5H,1-4,6H2,(H,14,15). The van der Waals surface area contributed by atoms with Crippen LogP contribution in [-0.4, -0.2) is 60.1 Å². The number of aromatic amines is 1. The van der Waals surface area contributed by atoms with Gasteiger partial charge in [0.15, 0.2) is 6.61 Å². The van der Waals surface area contributed by atoms with Crippen LogP contribution >= 0.6 is 0 Å². The molecule has 106 valence electrons. The minimum absolute atomic E-state index is 0.00819. The molecule has 0 aliphatic carbocycles. The SMILES string of the molecule is O=C(c1cn[nH]c1OCC(F)(F)F)N1CCOCC1. The van der Waals surface area contributed by atoms with Crippen LogP contribution in [0.5, 0.6) is 5.88 Å². The maximum atomic E-state index is 12.1. The van der Waals surface area contributed by atoms with Crippen molar-refractivity contribution in [2.45, 2.75) is 6.18 Å². The molecule has 1 amide bonds. The summed E-state index contributed by atoms with van der Waals surface area (Å²) in [7, 11) is 0. The van der Waals surface area contributed by atoms with Gasteiger partial charge < -0.3 is 14.4 Å². The maximum absolute atomic E-state index is 12.1. The van der Waals surface area contributed by atoms with E-state index >= 15 is 0 Å². The molecule has 1 saturated heterocycles. The van der Waals surface area contributed by atoms with E-state index in [1.807, 2.05) is 0 Å². The number of rotatable bonds is 3. The lowest BCUT2D eigenvalue weighted by Crippen LogP contribution is -2.40. The van der Waals surface area contributed by atoms with Crippen molar-refractivity contribution < 1.29 is 27.4 Å². The Morgan fingerprint density at radius 1 is 1.47 bits per heavy atom. The predicted molar refractivity (Wildman–Crippen MR) is 56.9 cm³/mol. The first kappa shape index (κ1) is 13.7. The van der Waals surface area contributed by atoms with Gasteiger partial charge in [0.1, 0.15) is 5.56 Å². The highest BCUT2D eigenvalue weighted by molar-refractivity contribution is 5.96. The quantitative estimate of drug-likeness (QED) is 0.889. The fourth-order valence-electron chi connectivity index (χ4n) is 1.63. The van der Waals surface area contributed by atoms with Gasteiger partial charge >= 0.3 is 6.18 Å². The molecule has 1 fully saturated rings. The Balaban J connectivity index is 2.03. The van der Waals surface area contributed by atoms with Gasteiger partial charge in [0.05, 0.1) is 19.4 Å². The summed E-state index contributed by atoms with van der Waals surface area (Å²) in [4.78, 5) is 13.5. The molecule has 0 bridgehead atoms. The third-order valence-electron chi connectivity index (χ3n) is 2.51. The molecule has 1 aliphatic rings. The second-order valence-corrected chi connectivity index (χ2v) is 3.92. The van der Waals surface area contributed by atoms with E-state index in [0.717, 1.165) is 6.20 Å². The Morgan fingerprint density at radius 3 is 2.79 bits per heavy atom. The Morgan fingerprint density at radius 2 is 2.16 bits per heavy atom. The summed E-state index contributed by atoms with van der Waals surface area (Å²) in [6.07, 6.45) is -3.31. The van der Waals surface area contributed by atoms with Crippen LogP contribution in [0.15, 0.2) is 6.20 Å². The van der Waals surface area contributed by atoms with Crippen LogP contribution in [0, 0.1) is 0 Å². The fraction of sp³-hybridized carbons (Fsp3) is 0.600. The molecule has 0 spiro atoms. The van der Waals surface area contributed by atoms with Crippen LogP contribution in [0.1, 0.15) is 10.4 Å². The molecular formula is C10H12F3N3O3. The number of carbonyl (C=O) groups is 1. The molecule has 6 nitrogen and oxygen atoms in total. The number of nitrogens with one attached hydrogen (secondary N) is 1. The molecule has 2 heterocycles. The molecule has 0 aromatic carbocycles. The zero-order valence-corrected chi connectivity index (χ0v) is 9.87. The molecule has 0 radical (unpaired) electrons. The number of hydrogen-bond acceptors (Lipinski definition) is 4. The number of amides is 1. The normalized spacial score (nSPS) is 16.5. The van der Waals surface area contributed by atoms with E-state index in [4.69, 9.17) is 4.74 Å². The molecule has 0 atom stereocenters. The Labute approximate surface area is 106 Å². The Bertz CT molecular complexity index is 441. The number of ether oxygens (including phenoxy) is 2. The minimum Gasteiger partial charge on any atom is -0.468 e. The molecule has 2 rings (SSSR count). The number of halogens is 3. The average molecular weight is 279 g/mol. The van der Waals surface area contributed by atoms with Crippen molar-refractivity contribution in [2.75, 3.05) is 32.9 Å². The number of morpholine rings is 1. The highest BCUT2D eigenvalue weighted by atomic mass is 19.4. The predicted octanol–water partition coefficient (Wildman–Crippen LogP) is 0.823. The molecule has 1 aromatic rings. The van der Waals surface area contributed by atoms with Crippen molar-refractivity contribution in [1.29, 1.82) is 0 Å². The van der Waals surface area contributed by atoms with Crippen molar-refractivity contribution in [2.24, 2.45) is 0 Å². The van der Waals surface area contributed by atoms with Gasteiger partial charge in [0, 0.05) is 13.1 Å². The van der Waals surface area contributed by atoms with Gasteiger partial charge in [-0.25, -0.2) is 5.10 Å². The maximum Gasteiger partial charge on any atom is 0.422 e. The lowest BCUT2D eigenvalue weighted by Gasteiger charge is -2.26. The van der Waals surface area contributed by atoms with Crippen molar-refractivity contribution in [3.05, 3.63) is 11.8 Å². The zero-order chi connectivity index (χ0) is 13.9. The summed E-state index contributed by atoms with van der Waals surface area (Å²) in [5.74, 6) is -0.692. The minimum atomic E-state index is -4.47. The van der Waals surface area contributed by atoms with Crippen molar-refractivity contribution in [1.82, 2.24) is 15.1 Å². The third-order valence-corrected chi connectivity index (χ3v) is 2.51. The Hall–Kier alpha value is -1.77. The largest absolute Gasteiger partial charge is 0.468 e. The molecule has 0 unspecified atom stereocenters. The first-order valence-corrected chi connectivity index (χ1v) is 5.57. The topological polar surface area (TPSA) is 67.5 Å². The highest BCUT2D eigenvalue weighted by Crippen LogP contribution is 2.21. The van der Waals surface area contributed by atoms with Crippen LogP contribution < -0.4 is 4.74 Å². The number of hydrogen-bond donors (Lipinski definition) is 1. The van der Waals surface area contributed by atoms with Gasteiger partial charge in [-0.3, -0.25) is 4.79 Å². The van der Waals surface area contributed by atoms with E-state index in [0.29, 0.717) is 26.3 Å². The molecule has 1 N–H and O–H groups in total. The van der Waals surface area contributed by atoms with Crippen molar-refractivity contribution in [3.63, 3.8) is 0 Å². The summed E-state index contributed by atoms with van der Waals surface area (Å²) in [6, 6.07) is 0. The van der Waals surface area contributed by atoms with E-state index in [9.17, 15) is 18.0 Å². The molecular weight excluding hydrogens is 267 g/mol. The number of carbonyl (C=O) groups excluding carboxylic acids is 1. The van der Waals surface area contributed by atoms with E-state index in [1.165, 1.54) is 4.90 Å². The summed E-state index contributed by atoms with van der Waals surface area (Å²) in [5.41, 5.74) is -0.00819. The second kappa shape index (κ2) is 5.47. The summed E-state index contributed by atoms with van der Waals surface area (Å²) >= 11 is 0. The van der Waals surface area contributed by atoms with E-state index in [-0.39, 0.29) is 11.4 Å². The molecule has 1 aromatic heterocycles. The van der Waals surface area contributed by atoms with Crippen LogP contribution in [0.25, 0.3) is 0 Å². The summed E-state index contributed by atoms with van der Waals surface area (Å²) in [6.45, 7) is 0.120. The van der Waals surface area contributed by atoms with Crippen molar-refractivity contribution >= 4 is 5.91 Å². The van der Waals surface area contributed by atoms with Gasteiger partial charge in [0.2, 0.25) is 5.88 Å². The molecule has 9 heteroatoms. The Kier molecular flexibility index (Phi) is 3.93. The van der Waals surface area contributed by atoms with Crippen LogP contribution in [0.4, 0.5) is 13.2 Å². The van der Waals surface area contributed by atoms with Gasteiger partial charge in [-0.05, 0) is 0 Å². The number of H-pyrrole nitrogens is 1. The highest BCUT2D eigenvalue weighted by Gasteiger charge is 2.30. The van der Waals surface area contributed by atoms with Gasteiger partial charge in [0.25, 0.3) is 5.91 Å². The molecule has 19 heavy (non-hydrogen) atoms. The monoisotopic (exact) mass is 279 g/mol. The van der Waals surface area contributed by atoms with E-state index in [2.05, 4.69) is 14.9 Å². The number of aromatic nitrogens is 2. The van der Waals surface area contributed by atoms with E-state index < -0.39 is 18.7 Å². The lowest BCUT2D eigenvalue weighted by atomic mass is 10.2. The number of alkyl halides is 3. The van der Waals surface area contributed by atoms with Gasteiger partial charge in [-0.1, -0.05) is 0 Å². The smallest absolute Gasteiger partial charge is 0.422 e. The number of nitrogens with zero attached hydrogens (tertiary/aromatic N) is 2. The molecule has 1 aliphatic heterocycles. The zero-order valence-electron chi connectivity index (χ0n) is 9.87. The first-order valence-electron chi connectivity index (χ1n) is 5.57. The first-order chi connectivity index (χ1) is 8.97. The van der Waals surface area contributed by atoms with Crippen LogP contribution in [0.2, 0.25) is 0 Å². The lowest BCUT2D eigenvalue weighted by molar-refractivity contribution is -0.154. The fourth-order valence-corrected chi connectivity index (χ4v) is 1.63. The van der Waals surface area contributed by atoms with Crippen LogP contribution in [-0.2, 0) is 4.74 Å². The average Bonchev–Trinajstić information content (AvgIpc) is 2.84. The summed E-state index contributed by atoms with van der Waals surface area (Å²) < 4.78 is 45.8. The molecule has 0 saturated carbocycles. The van der Waals surface area contributed by atoms with Crippen molar-refractivity contribution in [3.8, 4) is 5.88 Å². The second-order valence-electron chi connectivity index (χ2n) is 3.92. The van der Waals surface area contributed by atoms with E-state index in [1.54, 1.807) is 0 Å². The van der Waals surface area contributed by atoms with Gasteiger partial charge in [-0.2, -0.15) is 18.3 Å². The van der Waals surface area contributed by atoms with Gasteiger partial charge in [-0.15, -0.1) is 0 Å². The van der Waals surface area contributed by atoms with Crippen LogP contribution in [0.3, 0.4) is 0 Å². The summed E-state index contributed by atoms with van der Waals surface area (Å²) in [5, 5.41) is 5.79. The third kappa shape index (κ3) is 3.60.